The molecule has 2 saturated heterocycles. The van der Waals surface area contributed by atoms with E-state index in [1.165, 1.54) is 37.2 Å². The highest BCUT2D eigenvalue weighted by molar-refractivity contribution is 5.99. The molecule has 2 amide bonds. The Balaban J connectivity index is 0.000000134. The maximum Gasteiger partial charge on any atom is 0.251 e. The summed E-state index contributed by atoms with van der Waals surface area (Å²) >= 11 is 0. The molecule has 0 radical (unpaired) electrons. The lowest BCUT2D eigenvalue weighted by Gasteiger charge is -2.38. The zero-order chi connectivity index (χ0) is 68.5. The van der Waals surface area contributed by atoms with Crippen LogP contribution in [0.5, 0.6) is 5.75 Å². The lowest BCUT2D eigenvalue weighted by Crippen LogP contribution is -2.48. The molecule has 12 aromatic rings. The summed E-state index contributed by atoms with van der Waals surface area (Å²) in [7, 11) is 4.04. The van der Waals surface area contributed by atoms with Gasteiger partial charge in [0.1, 0.15) is 5.75 Å². The SMILES string of the molecule is CC(C)N1CCC(c2ccc(Nc3ccc(-c4cc[nH]c(=O)c4)n4ccnc34)cc2)CC1.CC(C)N1CCN(c2ccc(Nc3ccc(-c4cccc(O)c4)n4ccnc34)cc2)CC1.CN(C)CCCNC(=O)c1ccc(Nc2ccc(-c3ccc4c(c3)CNC4=O)n3ccnc23)cc1. The molecule has 10 heterocycles. The van der Waals surface area contributed by atoms with Crippen LogP contribution in [0.3, 0.4) is 0 Å². The Hall–Kier alpha value is -11.1. The van der Waals surface area contributed by atoms with E-state index in [0.717, 1.165) is 135 Å². The van der Waals surface area contributed by atoms with Crippen LogP contribution in [0.1, 0.15) is 84.7 Å². The van der Waals surface area contributed by atoms with Crippen LogP contribution in [-0.2, 0) is 6.54 Å². The fourth-order valence-corrected chi connectivity index (χ4v) is 13.4. The van der Waals surface area contributed by atoms with E-state index < -0.39 is 0 Å². The minimum absolute atomic E-state index is 0.0216. The first kappa shape index (κ1) is 66.5. The third-order valence-electron chi connectivity index (χ3n) is 18.9. The van der Waals surface area contributed by atoms with Crippen molar-refractivity contribution in [2.24, 2.45) is 0 Å². The van der Waals surface area contributed by atoms with Gasteiger partial charge in [0.2, 0.25) is 5.56 Å². The summed E-state index contributed by atoms with van der Waals surface area (Å²) in [5.74, 6) is 0.809. The quantitative estimate of drug-likeness (QED) is 0.0399. The number of fused-ring (bicyclic) bond motifs is 4. The smallest absolute Gasteiger partial charge is 0.251 e. The van der Waals surface area contributed by atoms with Crippen molar-refractivity contribution in [3.63, 3.8) is 0 Å². The molecule has 5 aromatic carbocycles. The molecule has 0 saturated carbocycles. The molecule has 2 fully saturated rings. The predicted octanol–water partition coefficient (Wildman–Crippen LogP) is 13.7. The van der Waals surface area contributed by atoms with E-state index in [0.29, 0.717) is 36.7 Å². The Morgan fingerprint density at radius 3 is 1.62 bits per heavy atom. The number of carbonyl (C=O) groups excluding carboxylic acids is 2. The van der Waals surface area contributed by atoms with Gasteiger partial charge in [-0.25, -0.2) is 15.0 Å². The number of rotatable bonds is 18. The van der Waals surface area contributed by atoms with Crippen molar-refractivity contribution in [2.75, 3.05) is 87.3 Å². The first-order valence-corrected chi connectivity index (χ1v) is 34.2. The molecule has 0 atom stereocenters. The number of benzene rings is 5. The second-order valence-electron chi connectivity index (χ2n) is 26.4. The van der Waals surface area contributed by atoms with Crippen molar-refractivity contribution < 1.29 is 14.7 Å². The Bertz CT molecular complexity index is 4830. The van der Waals surface area contributed by atoms with Gasteiger partial charge in [-0.05, 0) is 231 Å². The van der Waals surface area contributed by atoms with E-state index in [2.05, 4.69) is 148 Å². The number of aromatic amines is 1. The number of phenolic OH excluding ortho intramolecular Hbond substituents is 1. The molecule has 15 rings (SSSR count). The maximum absolute atomic E-state index is 12.4. The average molecular weight is 1320 g/mol. The predicted molar refractivity (Wildman–Crippen MR) is 398 cm³/mol. The monoisotopic (exact) mass is 1320 g/mol. The van der Waals surface area contributed by atoms with E-state index in [1.807, 2.05) is 137 Å². The van der Waals surface area contributed by atoms with Crippen LogP contribution < -0.4 is 37.0 Å². The number of piperazine rings is 1. The topological polar surface area (TPSA) is 212 Å². The number of hydrogen-bond acceptors (Lipinski definition) is 14. The number of nitrogens with zero attached hydrogens (tertiary/aromatic N) is 10. The van der Waals surface area contributed by atoms with Crippen LogP contribution in [-0.4, -0.2) is 143 Å². The number of phenols is 1. The number of likely N-dealkylation sites (tertiary alicyclic amines) is 1. The highest BCUT2D eigenvalue weighted by atomic mass is 16.3. The first-order valence-electron chi connectivity index (χ1n) is 34.2. The third kappa shape index (κ3) is 15.5. The van der Waals surface area contributed by atoms with Crippen molar-refractivity contribution in [2.45, 2.75) is 71.5 Å². The van der Waals surface area contributed by atoms with Gasteiger partial charge in [-0.3, -0.25) is 32.5 Å². The van der Waals surface area contributed by atoms with Gasteiger partial charge in [-0.2, -0.15) is 0 Å². The van der Waals surface area contributed by atoms with E-state index in [-0.39, 0.29) is 23.1 Å². The summed E-state index contributed by atoms with van der Waals surface area (Å²) in [4.78, 5) is 62.0. The molecular formula is C79H86N16O4. The fraction of sp³-hybridized carbons (Fsp3) is 0.266. The molecule has 0 unspecified atom stereocenters. The highest BCUT2D eigenvalue weighted by Gasteiger charge is 2.24. The van der Waals surface area contributed by atoms with Crippen molar-refractivity contribution in [3.8, 4) is 39.5 Å². The average Bonchev–Trinajstić information content (AvgIpc) is 1.73. The Morgan fingerprint density at radius 1 is 0.576 bits per heavy atom. The van der Waals surface area contributed by atoms with Gasteiger partial charge in [-0.1, -0.05) is 30.3 Å². The molecule has 3 aliphatic heterocycles. The molecule has 20 nitrogen and oxygen atoms in total. The Labute approximate surface area is 577 Å². The molecule has 0 aliphatic carbocycles. The van der Waals surface area contributed by atoms with Crippen LogP contribution in [0, 0.1) is 0 Å². The summed E-state index contributed by atoms with van der Waals surface area (Å²) in [6.45, 7) is 18.0. The summed E-state index contributed by atoms with van der Waals surface area (Å²) < 4.78 is 6.08. The number of aromatic hydroxyl groups is 1. The number of H-pyrrole nitrogens is 1. The molecule has 506 valence electrons. The fourth-order valence-electron chi connectivity index (χ4n) is 13.4. The second-order valence-corrected chi connectivity index (χ2v) is 26.4. The molecule has 7 aromatic heterocycles. The molecule has 99 heavy (non-hydrogen) atoms. The lowest BCUT2D eigenvalue weighted by atomic mass is 9.89. The zero-order valence-electron chi connectivity index (χ0n) is 57.0. The van der Waals surface area contributed by atoms with Crippen molar-refractivity contribution >= 4 is 68.6 Å². The third-order valence-corrected chi connectivity index (χ3v) is 18.9. The van der Waals surface area contributed by atoms with Crippen LogP contribution in [0.2, 0.25) is 0 Å². The zero-order valence-corrected chi connectivity index (χ0v) is 57.0. The number of pyridine rings is 4. The van der Waals surface area contributed by atoms with E-state index in [1.54, 1.807) is 43.0 Å². The van der Waals surface area contributed by atoms with Gasteiger partial charge < -0.3 is 51.4 Å². The molecule has 20 heteroatoms. The number of anilines is 7. The summed E-state index contributed by atoms with van der Waals surface area (Å²) in [5, 5.41) is 26.1. The minimum atomic E-state index is -0.118. The van der Waals surface area contributed by atoms with Crippen molar-refractivity contribution in [1.82, 2.24) is 58.5 Å². The van der Waals surface area contributed by atoms with Gasteiger partial charge >= 0.3 is 0 Å². The van der Waals surface area contributed by atoms with Crippen LogP contribution >= 0.6 is 0 Å². The first-order chi connectivity index (χ1) is 48.2. The van der Waals surface area contributed by atoms with Crippen LogP contribution in [0.25, 0.3) is 50.7 Å². The second kappa shape index (κ2) is 30.1. The van der Waals surface area contributed by atoms with E-state index in [9.17, 15) is 19.5 Å². The van der Waals surface area contributed by atoms with Gasteiger partial charge in [0, 0.05) is 146 Å². The number of piperidine rings is 1. The molecule has 7 N–H and O–H groups in total. The Kier molecular flexibility index (Phi) is 20.3. The molecule has 0 spiro atoms. The number of carbonyl (C=O) groups is 2. The van der Waals surface area contributed by atoms with Gasteiger partial charge in [0.05, 0.1) is 34.1 Å². The molecule has 3 aliphatic rings. The number of hydrogen-bond donors (Lipinski definition) is 7. The molecule has 0 bridgehead atoms. The number of nitrogens with one attached hydrogen (secondary N) is 6. The number of amides is 2. The maximum atomic E-state index is 12.4. The van der Waals surface area contributed by atoms with Crippen LogP contribution in [0.4, 0.5) is 39.8 Å². The van der Waals surface area contributed by atoms with E-state index in [4.69, 9.17) is 0 Å². The van der Waals surface area contributed by atoms with Gasteiger partial charge in [0.15, 0.2) is 16.9 Å². The minimum Gasteiger partial charge on any atom is -0.508 e. The highest BCUT2D eigenvalue weighted by Crippen LogP contribution is 2.35. The summed E-state index contributed by atoms with van der Waals surface area (Å²) in [5.41, 5.74) is 18.8. The molecular weight excluding hydrogens is 1240 g/mol. The number of imidazole rings is 3. The van der Waals surface area contributed by atoms with Crippen molar-refractivity contribution in [1.29, 1.82) is 0 Å². The summed E-state index contributed by atoms with van der Waals surface area (Å²) in [6.07, 6.45) is 16.2. The van der Waals surface area contributed by atoms with Gasteiger partial charge in [0.25, 0.3) is 11.8 Å². The van der Waals surface area contributed by atoms with Gasteiger partial charge in [-0.15, -0.1) is 0 Å². The van der Waals surface area contributed by atoms with Crippen molar-refractivity contribution in [3.05, 3.63) is 240 Å². The van der Waals surface area contributed by atoms with E-state index >= 15 is 0 Å². The normalized spacial score (nSPS) is 14.3. The standard InChI is InChI=1S/C27H28N6O2.2C26H29N5O/c1-32(2)14-3-12-29-26(34)18-4-7-21(8-5-18)31-23-10-11-24(33-15-13-28-25(23)33)19-6-9-22-20(16-19)17-30-27(22)35;1-18(2)30-14-10-20(11-15-30)19-3-5-22(6-4-19)29-23-7-8-24(31-16-13-28-26(23)31)21-9-12-27-25(32)17-21;1-19(2)29-14-16-30(17-15-29)22-8-6-21(7-9-22)28-24-10-11-25(31-13-12-27-26(24)31)20-4-3-5-23(32)18-20/h4-11,13,15-16,31H,3,12,14,17H2,1-2H3,(H,29,34)(H,30,35);3-9,12-13,16-18,20,29H,10-11,14-15H2,1-2H3,(H,27,32);3-13,18-19,28,32H,14-17H2,1-2H3. The van der Waals surface area contributed by atoms with Crippen LogP contribution in [0.15, 0.2) is 212 Å². The Morgan fingerprint density at radius 2 is 1.09 bits per heavy atom. The number of aromatic nitrogens is 7. The lowest BCUT2D eigenvalue weighted by molar-refractivity contribution is 0.0948. The summed E-state index contributed by atoms with van der Waals surface area (Å²) in [6, 6.07) is 55.0. The largest absolute Gasteiger partial charge is 0.508 e.